The van der Waals surface area contributed by atoms with Gasteiger partial charge in [0.05, 0.1) is 11.6 Å². The van der Waals surface area contributed by atoms with E-state index in [1.54, 1.807) is 16.2 Å². The van der Waals surface area contributed by atoms with Gasteiger partial charge in [0.15, 0.2) is 0 Å². The highest BCUT2D eigenvalue weighted by Crippen LogP contribution is 2.11. The predicted octanol–water partition coefficient (Wildman–Crippen LogP) is 1.51. The Morgan fingerprint density at radius 2 is 2.61 bits per heavy atom. The molecule has 1 aromatic rings. The van der Waals surface area contributed by atoms with Crippen molar-refractivity contribution in [2.45, 2.75) is 25.8 Å². The highest BCUT2D eigenvalue weighted by atomic mass is 32.1. The lowest BCUT2D eigenvalue weighted by Crippen LogP contribution is -2.36. The monoisotopic (exact) mass is 269 g/mol. The van der Waals surface area contributed by atoms with Gasteiger partial charge in [-0.15, -0.1) is 11.3 Å². The largest absolute Gasteiger partial charge is 0.450 e. The third-order valence-electron chi connectivity index (χ3n) is 2.97. The van der Waals surface area contributed by atoms with Crippen LogP contribution in [-0.4, -0.2) is 48.3 Å². The number of aromatic nitrogens is 1. The third kappa shape index (κ3) is 3.68. The van der Waals surface area contributed by atoms with E-state index in [1.807, 2.05) is 18.5 Å². The van der Waals surface area contributed by atoms with Crippen LogP contribution in [0.2, 0.25) is 0 Å². The minimum absolute atomic E-state index is 0.193. The van der Waals surface area contributed by atoms with Crippen molar-refractivity contribution in [3.05, 3.63) is 16.6 Å². The molecule has 1 aliphatic heterocycles. The first-order valence-corrected chi connectivity index (χ1v) is 7.21. The Balaban J connectivity index is 1.65. The molecule has 1 atom stereocenters. The molecule has 1 aliphatic rings. The van der Waals surface area contributed by atoms with Crippen LogP contribution in [0.15, 0.2) is 11.6 Å². The first-order valence-electron chi connectivity index (χ1n) is 6.33. The molecule has 0 aromatic carbocycles. The molecule has 0 bridgehead atoms. The molecule has 1 amide bonds. The van der Waals surface area contributed by atoms with Crippen LogP contribution in [0.3, 0.4) is 0 Å². The van der Waals surface area contributed by atoms with Crippen molar-refractivity contribution in [1.82, 2.24) is 15.2 Å². The van der Waals surface area contributed by atoms with E-state index in [4.69, 9.17) is 4.74 Å². The Bertz CT molecular complexity index is 369. The summed E-state index contributed by atoms with van der Waals surface area (Å²) in [4.78, 5) is 17.5. The zero-order valence-electron chi connectivity index (χ0n) is 10.6. The molecule has 0 unspecified atom stereocenters. The van der Waals surface area contributed by atoms with Gasteiger partial charge in [0.25, 0.3) is 0 Å². The van der Waals surface area contributed by atoms with Crippen molar-refractivity contribution in [2.75, 3.05) is 26.2 Å². The second-order valence-corrected chi connectivity index (χ2v) is 5.24. The van der Waals surface area contributed by atoms with E-state index in [9.17, 15) is 4.79 Å². The molecule has 1 saturated heterocycles. The van der Waals surface area contributed by atoms with Crippen LogP contribution < -0.4 is 5.32 Å². The molecule has 0 saturated carbocycles. The quantitative estimate of drug-likeness (QED) is 0.880. The summed E-state index contributed by atoms with van der Waals surface area (Å²) in [6.07, 6.45) is 3.59. The van der Waals surface area contributed by atoms with Crippen molar-refractivity contribution in [1.29, 1.82) is 0 Å². The second kappa shape index (κ2) is 6.70. The molecule has 1 fully saturated rings. The zero-order chi connectivity index (χ0) is 12.8. The number of nitrogens with one attached hydrogen (secondary N) is 1. The number of hydrogen-bond donors (Lipinski definition) is 1. The predicted molar refractivity (Wildman–Crippen MR) is 70.8 cm³/mol. The Hall–Kier alpha value is -1.14. The van der Waals surface area contributed by atoms with E-state index in [1.165, 1.54) is 0 Å². The third-order valence-corrected chi connectivity index (χ3v) is 3.81. The molecule has 2 heterocycles. The fourth-order valence-electron chi connectivity index (χ4n) is 2.07. The minimum atomic E-state index is -0.193. The molecular weight excluding hydrogens is 250 g/mol. The highest BCUT2D eigenvalue weighted by molar-refractivity contribution is 7.09. The lowest BCUT2D eigenvalue weighted by molar-refractivity contribution is 0.115. The lowest BCUT2D eigenvalue weighted by Gasteiger charge is -2.16. The van der Waals surface area contributed by atoms with Crippen molar-refractivity contribution >= 4 is 17.4 Å². The number of carbonyl (C=O) groups is 1. The van der Waals surface area contributed by atoms with E-state index >= 15 is 0 Å². The summed E-state index contributed by atoms with van der Waals surface area (Å²) in [7, 11) is 0. The average molecular weight is 269 g/mol. The van der Waals surface area contributed by atoms with Crippen molar-refractivity contribution in [3.63, 3.8) is 0 Å². The zero-order valence-corrected chi connectivity index (χ0v) is 11.4. The van der Waals surface area contributed by atoms with Crippen LogP contribution in [0.1, 0.15) is 18.4 Å². The number of ether oxygens (including phenoxy) is 1. The smallest absolute Gasteiger partial charge is 0.409 e. The highest BCUT2D eigenvalue weighted by Gasteiger charge is 2.26. The molecule has 1 aromatic heterocycles. The van der Waals surface area contributed by atoms with Crippen LogP contribution >= 0.6 is 11.3 Å². The molecule has 0 radical (unpaired) electrons. The molecular formula is C12H19N3O2S. The molecule has 1 N–H and O–H groups in total. The Kier molecular flexibility index (Phi) is 4.95. The SMILES string of the molecule is CCOC(=O)N1CC[C@@H](NCCc2nccs2)C1. The van der Waals surface area contributed by atoms with Crippen molar-refractivity contribution < 1.29 is 9.53 Å². The van der Waals surface area contributed by atoms with Crippen LogP contribution in [0.25, 0.3) is 0 Å². The topological polar surface area (TPSA) is 54.5 Å². The summed E-state index contributed by atoms with van der Waals surface area (Å²) in [5.74, 6) is 0. The number of amides is 1. The van der Waals surface area contributed by atoms with E-state index in [0.29, 0.717) is 12.6 Å². The Morgan fingerprint density at radius 3 is 3.33 bits per heavy atom. The van der Waals surface area contributed by atoms with E-state index in [2.05, 4.69) is 10.3 Å². The first kappa shape index (κ1) is 13.3. The summed E-state index contributed by atoms with van der Waals surface area (Å²) in [5, 5.41) is 6.61. The first-order chi connectivity index (χ1) is 8.79. The molecule has 18 heavy (non-hydrogen) atoms. The fourth-order valence-corrected chi connectivity index (χ4v) is 2.69. The van der Waals surface area contributed by atoms with Gasteiger partial charge in [-0.25, -0.2) is 9.78 Å². The summed E-state index contributed by atoms with van der Waals surface area (Å²) < 4.78 is 4.99. The van der Waals surface area contributed by atoms with Crippen LogP contribution in [-0.2, 0) is 11.2 Å². The Labute approximate surface area is 111 Å². The number of likely N-dealkylation sites (tertiary alicyclic amines) is 1. The maximum Gasteiger partial charge on any atom is 0.409 e. The molecule has 2 rings (SSSR count). The normalized spacial score (nSPS) is 19.2. The standard InChI is InChI=1S/C12H19N3O2S/c1-2-17-12(16)15-7-4-10(9-15)13-5-3-11-14-6-8-18-11/h6,8,10,13H,2-5,7,9H2,1H3/t10-/m1/s1. The average Bonchev–Trinajstić information content (AvgIpc) is 3.00. The molecule has 0 spiro atoms. The van der Waals surface area contributed by atoms with E-state index in [-0.39, 0.29) is 6.09 Å². The number of nitrogens with zero attached hydrogens (tertiary/aromatic N) is 2. The summed E-state index contributed by atoms with van der Waals surface area (Å²) in [5.41, 5.74) is 0. The maximum atomic E-state index is 11.5. The van der Waals surface area contributed by atoms with Crippen LogP contribution in [0.5, 0.6) is 0 Å². The van der Waals surface area contributed by atoms with Crippen LogP contribution in [0.4, 0.5) is 4.79 Å². The van der Waals surface area contributed by atoms with Crippen molar-refractivity contribution in [3.8, 4) is 0 Å². The number of carbonyl (C=O) groups excluding carboxylic acids is 1. The van der Waals surface area contributed by atoms with Crippen LogP contribution in [0, 0.1) is 0 Å². The number of hydrogen-bond acceptors (Lipinski definition) is 5. The van der Waals surface area contributed by atoms with Gasteiger partial charge in [-0.2, -0.15) is 0 Å². The van der Waals surface area contributed by atoms with Gasteiger partial charge in [-0.1, -0.05) is 0 Å². The number of thiazole rings is 1. The maximum absolute atomic E-state index is 11.5. The van der Waals surface area contributed by atoms with Gasteiger partial charge in [0, 0.05) is 43.7 Å². The van der Waals surface area contributed by atoms with E-state index < -0.39 is 0 Å². The molecule has 0 aliphatic carbocycles. The lowest BCUT2D eigenvalue weighted by atomic mass is 10.2. The minimum Gasteiger partial charge on any atom is -0.450 e. The van der Waals surface area contributed by atoms with Gasteiger partial charge < -0.3 is 15.0 Å². The summed E-state index contributed by atoms with van der Waals surface area (Å²) in [6, 6.07) is 0.384. The molecule has 5 nitrogen and oxygen atoms in total. The number of rotatable bonds is 5. The van der Waals surface area contributed by atoms with Gasteiger partial charge in [-0.3, -0.25) is 0 Å². The Morgan fingerprint density at radius 1 is 1.72 bits per heavy atom. The fraction of sp³-hybridized carbons (Fsp3) is 0.667. The molecule has 6 heteroatoms. The summed E-state index contributed by atoms with van der Waals surface area (Å²) in [6.45, 7) is 4.72. The second-order valence-electron chi connectivity index (χ2n) is 4.26. The van der Waals surface area contributed by atoms with Gasteiger partial charge in [-0.05, 0) is 13.3 Å². The van der Waals surface area contributed by atoms with Crippen molar-refractivity contribution in [2.24, 2.45) is 0 Å². The summed E-state index contributed by atoms with van der Waals surface area (Å²) >= 11 is 1.68. The van der Waals surface area contributed by atoms with E-state index in [0.717, 1.165) is 37.5 Å². The van der Waals surface area contributed by atoms with Gasteiger partial charge >= 0.3 is 6.09 Å². The molecule has 100 valence electrons. The van der Waals surface area contributed by atoms with Gasteiger partial charge in [0.2, 0.25) is 0 Å². The van der Waals surface area contributed by atoms with Gasteiger partial charge in [0.1, 0.15) is 0 Å².